The number of aromatic carboxylic acids is 2. The Kier molecular flexibility index (Phi) is 52.4. The fourth-order valence-corrected chi connectivity index (χ4v) is 15.5. The number of aliphatic hydroxyl groups is 1. The third-order valence-electron chi connectivity index (χ3n) is 13.6. The molecule has 0 aromatic heterocycles. The summed E-state index contributed by atoms with van der Waals surface area (Å²) in [4.78, 5) is 56.7. The SMILES string of the molecule is CC1(C)Oc2c(cccc2C(=O)O)S1.CC1(C)Oc2ccccc2S1.CCCCBr.CCCCSc1cccc(C=O)c1O.CCCCSc1cccc(C=O)c1OS(=O)(=O)C(F)(F)F.O=C(O)c1cccc(S)c1O.O=Cc1cccc(S)c1O.O=S(=O)(OS(=O)(=O)C(F)(F)F)C(F)(F)F.OCc1cccc(S)c1O.[B]C1CCCO1.[O]=[Mn]=[O]. The van der Waals surface area contributed by atoms with Gasteiger partial charge in [-0.1, -0.05) is 134 Å². The molecule has 7 aromatic rings. The van der Waals surface area contributed by atoms with Crippen LogP contribution in [0.5, 0.6) is 40.2 Å². The van der Waals surface area contributed by atoms with Gasteiger partial charge in [0.05, 0.1) is 38.0 Å². The summed E-state index contributed by atoms with van der Waals surface area (Å²) in [5.41, 5.74) is -17.1. The van der Waals surface area contributed by atoms with E-state index in [1.54, 1.807) is 78.1 Å². The number of hydrogen-bond acceptors (Lipinski definition) is 30. The minimum atomic E-state index is -6.85. The van der Waals surface area contributed by atoms with Gasteiger partial charge in [-0.25, -0.2) is 9.59 Å². The third kappa shape index (κ3) is 41.2. The summed E-state index contributed by atoms with van der Waals surface area (Å²) in [6.45, 7) is 15.0. The van der Waals surface area contributed by atoms with E-state index in [4.69, 9.17) is 60.4 Å². The van der Waals surface area contributed by atoms with E-state index in [0.717, 1.165) is 83.5 Å². The van der Waals surface area contributed by atoms with Gasteiger partial charge < -0.3 is 54.1 Å². The number of aldehydes is 3. The molecule has 3 aliphatic rings. The fraction of sp³-hybridized carbons (Fsp3) is 0.356. The van der Waals surface area contributed by atoms with Crippen molar-refractivity contribution in [2.75, 3.05) is 23.4 Å². The van der Waals surface area contributed by atoms with Crippen LogP contribution >= 0.6 is 101 Å². The zero-order chi connectivity index (χ0) is 92.2. The number of carbonyl (C=O) groups excluding carboxylic acids is 3. The summed E-state index contributed by atoms with van der Waals surface area (Å²) in [7, 11) is -14.2. The van der Waals surface area contributed by atoms with Gasteiger partial charge in [-0.15, -0.1) is 65.0 Å². The van der Waals surface area contributed by atoms with Crippen LogP contribution < -0.4 is 13.7 Å². The van der Waals surface area contributed by atoms with Crippen LogP contribution in [0.2, 0.25) is 0 Å². The van der Waals surface area contributed by atoms with Gasteiger partial charge in [-0.05, 0) is 150 Å². The van der Waals surface area contributed by atoms with Crippen LogP contribution in [0, 0.1) is 0 Å². The van der Waals surface area contributed by atoms with Crippen LogP contribution in [-0.4, -0.2) is 155 Å². The molecule has 25 nitrogen and oxygen atoms in total. The summed E-state index contributed by atoms with van der Waals surface area (Å²) < 4.78 is 207. The van der Waals surface area contributed by atoms with Crippen molar-refractivity contribution in [2.45, 2.75) is 173 Å². The number of benzene rings is 7. The molecule has 7 N–H and O–H groups in total. The summed E-state index contributed by atoms with van der Waals surface area (Å²) in [5, 5.41) is 64.2. The topological polar surface area (TPSA) is 410 Å². The molecule has 3 heterocycles. The van der Waals surface area contributed by atoms with Gasteiger partial charge in [0.1, 0.15) is 53.5 Å². The monoisotopic (exact) mass is 2000 g/mol. The normalized spacial score (nSPS) is 13.6. The van der Waals surface area contributed by atoms with Gasteiger partial charge in [-0.3, -0.25) is 14.4 Å². The Morgan fingerprint density at radius 3 is 1.38 bits per heavy atom. The van der Waals surface area contributed by atoms with E-state index in [9.17, 15) is 93.8 Å². The van der Waals surface area contributed by atoms with Crippen LogP contribution in [0.4, 0.5) is 39.5 Å². The number of fused-ring (bicyclic) bond motifs is 2. The summed E-state index contributed by atoms with van der Waals surface area (Å²) >= 11 is 19.6. The molecular formula is C73H83BBrF9MnO25S10. The average Bonchev–Trinajstić information content (AvgIpc) is 1.13. The number of rotatable bonds is 20. The maximum atomic E-state index is 12.4. The number of ether oxygens (including phenoxy) is 3. The molecule has 0 spiro atoms. The third-order valence-corrected chi connectivity index (χ3v) is 23.3. The average molecular weight is 2000 g/mol. The van der Waals surface area contributed by atoms with E-state index in [2.05, 4.69) is 91.8 Å². The first-order chi connectivity index (χ1) is 55.7. The molecule has 1 fully saturated rings. The van der Waals surface area contributed by atoms with Gasteiger partial charge in [0.25, 0.3) is 0 Å². The predicted molar refractivity (Wildman–Crippen MR) is 443 cm³/mol. The van der Waals surface area contributed by atoms with Gasteiger partial charge in [-0.2, -0.15) is 64.8 Å². The molecule has 2 radical (unpaired) electrons. The number of hydrogen-bond donors (Lipinski definition) is 10. The van der Waals surface area contributed by atoms with Crippen molar-refractivity contribution < 1.29 is 169 Å². The van der Waals surface area contributed by atoms with Crippen LogP contribution in [-0.2, 0) is 67.8 Å². The Labute approximate surface area is 736 Å². The van der Waals surface area contributed by atoms with E-state index < -0.39 is 79.4 Å². The van der Waals surface area contributed by atoms with Crippen molar-refractivity contribution in [1.82, 2.24) is 0 Å². The molecule has 1 atom stereocenters. The van der Waals surface area contributed by atoms with Crippen molar-refractivity contribution in [1.29, 1.82) is 0 Å². The Balaban J connectivity index is 0.00000133. The number of carboxylic acid groups (broad SMARTS) is 2. The molecule has 1 saturated heterocycles. The van der Waals surface area contributed by atoms with E-state index in [1.807, 2.05) is 54.7 Å². The van der Waals surface area contributed by atoms with E-state index in [1.165, 1.54) is 72.0 Å². The second kappa shape index (κ2) is 55.5. The molecule has 0 aliphatic carbocycles. The number of carboxylic acids is 2. The number of alkyl halides is 10. The number of thiol groups is 3. The van der Waals surface area contributed by atoms with Crippen molar-refractivity contribution in [3.63, 3.8) is 0 Å². The molecule has 0 saturated carbocycles. The van der Waals surface area contributed by atoms with E-state index in [0.29, 0.717) is 45.0 Å². The Morgan fingerprint density at radius 2 is 0.975 bits per heavy atom. The molecule has 10 rings (SSSR count). The van der Waals surface area contributed by atoms with Gasteiger partial charge in [0, 0.05) is 43.1 Å². The summed E-state index contributed by atoms with van der Waals surface area (Å²) in [6, 6.07) is 36.9. The van der Waals surface area contributed by atoms with Crippen molar-refractivity contribution >= 4 is 170 Å². The molecule has 1 unspecified atom stereocenters. The second-order valence-electron chi connectivity index (χ2n) is 23.9. The molecule has 120 heavy (non-hydrogen) atoms. The first kappa shape index (κ1) is 113. The molecule has 665 valence electrons. The summed E-state index contributed by atoms with van der Waals surface area (Å²) in [6.07, 6.45) is 10.2. The minimum absolute atomic E-state index is 0.0463. The standard InChI is InChI=1S/C12H13F3O4S2.C11H14O2S.C10H10O3S.C9H10OS.C7H6O3S.C7H8O2S.C7H6O2S.C4H7BO.C4H9Br.C2F6O5S2.Mn.2O/c1-2-3-7-20-10-6-4-5-9(8-16)11(10)19-21(17,18)12(13,14)15;1-2-3-7-14-10-6-4-5-9(8-12)11(10)13;1-10(2)13-8-6(9(11)12)4-3-5-7(8)14-10;1-9(2)10-7-5-3-4-6-8(7)11-9;8-6-4(7(9)10)2-1-3-5(6)11;2*8-4-5-2-1-3-6(10)7(5)9;5-4-2-1-3-6-4;1-2-3-4-5;3-1(4,5)14(9,10)13-15(11,12)2(6,7)8;;;/h4-6,8H,2-3,7H2,1H3;4-6,8,13H,2-3,7H2,1H3;3-5H,1-2H3,(H,11,12);3-6H,1-2H3;1-3,8,11H,(H,9,10);1-3,8-10H,4H2;1-4,9-10H;4H,1-3H2;2-4H2,1H3;;;;. The summed E-state index contributed by atoms with van der Waals surface area (Å²) in [5.74, 6) is 0.219. The zero-order valence-corrected chi connectivity index (χ0v) is 75.3. The number of para-hydroxylation sites is 7. The number of phenolic OH excluding ortho intramolecular Hbond substituents is 2. The molecule has 3 aliphatic heterocycles. The molecule has 0 amide bonds. The number of thioether (sulfide) groups is 4. The number of aromatic hydroxyl groups is 4. The van der Waals surface area contributed by atoms with Crippen LogP contribution in [0.3, 0.4) is 0 Å². The predicted octanol–water partition coefficient (Wildman–Crippen LogP) is 19.2. The van der Waals surface area contributed by atoms with Gasteiger partial charge in [0.15, 0.2) is 34.5 Å². The van der Waals surface area contributed by atoms with Crippen molar-refractivity contribution in [2.24, 2.45) is 0 Å². The Morgan fingerprint density at radius 1 is 0.567 bits per heavy atom. The number of phenols is 4. The fourth-order valence-electron chi connectivity index (χ4n) is 7.94. The van der Waals surface area contributed by atoms with Gasteiger partial charge >= 0.3 is 81.3 Å². The Hall–Kier alpha value is -6.70. The second-order valence-corrected chi connectivity index (χ2v) is 36.7. The molecule has 7 aromatic carbocycles. The van der Waals surface area contributed by atoms with Crippen LogP contribution in [0.1, 0.15) is 157 Å². The first-order valence-electron chi connectivity index (χ1n) is 34.1. The van der Waals surface area contributed by atoms with E-state index >= 15 is 0 Å². The molecular weight excluding hydrogens is 1910 g/mol. The zero-order valence-electron chi connectivity index (χ0n) is 64.1. The molecule has 47 heteroatoms. The Bertz CT molecular complexity index is 4740. The number of unbranched alkanes of at least 4 members (excludes halogenated alkanes) is 3. The van der Waals surface area contributed by atoms with Crippen molar-refractivity contribution in [3.8, 4) is 40.2 Å². The van der Waals surface area contributed by atoms with E-state index in [-0.39, 0.29) is 83.8 Å². The van der Waals surface area contributed by atoms with Gasteiger partial charge in [0.2, 0.25) is 0 Å². The number of carbonyl (C=O) groups is 5. The molecule has 0 bridgehead atoms. The quantitative estimate of drug-likeness (QED) is 0.00390. The van der Waals surface area contributed by atoms with Crippen molar-refractivity contribution in [3.05, 3.63) is 167 Å². The first-order valence-corrected chi connectivity index (χ1v) is 45.3. The van der Waals surface area contributed by atoms with Crippen LogP contribution in [0.15, 0.2) is 168 Å². The maximum absolute atomic E-state index is 12.4. The number of aliphatic hydroxyl groups excluding tert-OH is 1. The number of halogens is 10. The van der Waals surface area contributed by atoms with Crippen LogP contribution in [0.25, 0.3) is 0 Å².